The summed E-state index contributed by atoms with van der Waals surface area (Å²) in [4.78, 5) is 15.1. The smallest absolute Gasteiger partial charge is 0.337 e. The van der Waals surface area contributed by atoms with Gasteiger partial charge < -0.3 is 16.2 Å². The van der Waals surface area contributed by atoms with Crippen LogP contribution < -0.4 is 11.1 Å². The van der Waals surface area contributed by atoms with Crippen LogP contribution in [0.1, 0.15) is 10.4 Å². The van der Waals surface area contributed by atoms with E-state index in [1.807, 2.05) is 0 Å². The molecule has 2 aromatic rings. The molecule has 0 spiro atoms. The number of anilines is 3. The normalized spacial score (nSPS) is 10.1. The third kappa shape index (κ3) is 2.60. The first-order chi connectivity index (χ1) is 8.58. The summed E-state index contributed by atoms with van der Waals surface area (Å²) in [6.45, 7) is 0. The van der Waals surface area contributed by atoms with E-state index in [-0.39, 0.29) is 5.56 Å². The Morgan fingerprint density at radius 2 is 2.17 bits per heavy atom. The Balaban J connectivity index is 2.42. The Bertz CT molecular complexity index is 602. The summed E-state index contributed by atoms with van der Waals surface area (Å²) < 4.78 is 0.791. The summed E-state index contributed by atoms with van der Waals surface area (Å²) >= 11 is 3.29. The number of hydrogen-bond donors (Lipinski definition) is 3. The molecule has 0 radical (unpaired) electrons. The SMILES string of the molecule is Nc1cccc(C(=O)O)c1Nc1cncc(Br)c1. The van der Waals surface area contributed by atoms with Crippen LogP contribution in [-0.4, -0.2) is 16.1 Å². The molecule has 5 nitrogen and oxygen atoms in total. The van der Waals surface area contributed by atoms with Crippen LogP contribution in [-0.2, 0) is 0 Å². The number of nitrogens with one attached hydrogen (secondary N) is 1. The molecule has 0 fully saturated rings. The lowest BCUT2D eigenvalue weighted by Crippen LogP contribution is -2.05. The first-order valence-corrected chi connectivity index (χ1v) is 5.86. The molecule has 0 unspecified atom stereocenters. The highest BCUT2D eigenvalue weighted by atomic mass is 79.9. The molecular formula is C12H10BrN3O2. The highest BCUT2D eigenvalue weighted by Crippen LogP contribution is 2.28. The van der Waals surface area contributed by atoms with Crippen molar-refractivity contribution in [3.05, 3.63) is 46.7 Å². The maximum absolute atomic E-state index is 11.1. The summed E-state index contributed by atoms with van der Waals surface area (Å²) in [6, 6.07) is 6.51. The molecule has 4 N–H and O–H groups in total. The summed E-state index contributed by atoms with van der Waals surface area (Å²) in [7, 11) is 0. The zero-order valence-electron chi connectivity index (χ0n) is 9.22. The van der Waals surface area contributed by atoms with Crippen LogP contribution in [0, 0.1) is 0 Å². The zero-order valence-corrected chi connectivity index (χ0v) is 10.8. The van der Waals surface area contributed by atoms with Crippen LogP contribution in [0.5, 0.6) is 0 Å². The van der Waals surface area contributed by atoms with Crippen LogP contribution in [0.3, 0.4) is 0 Å². The molecule has 0 bridgehead atoms. The second kappa shape index (κ2) is 5.05. The summed E-state index contributed by atoms with van der Waals surface area (Å²) in [5.41, 5.74) is 7.30. The van der Waals surface area contributed by atoms with Crippen molar-refractivity contribution in [1.29, 1.82) is 0 Å². The van der Waals surface area contributed by atoms with Crippen molar-refractivity contribution in [2.45, 2.75) is 0 Å². The molecule has 0 aliphatic carbocycles. The fourth-order valence-electron chi connectivity index (χ4n) is 1.51. The van der Waals surface area contributed by atoms with E-state index in [2.05, 4.69) is 26.2 Å². The van der Waals surface area contributed by atoms with Gasteiger partial charge in [-0.15, -0.1) is 0 Å². The molecule has 2 rings (SSSR count). The first kappa shape index (κ1) is 12.4. The molecule has 0 aliphatic heterocycles. The number of halogens is 1. The number of hydrogen-bond acceptors (Lipinski definition) is 4. The van der Waals surface area contributed by atoms with Crippen LogP contribution in [0.4, 0.5) is 17.1 Å². The highest BCUT2D eigenvalue weighted by Gasteiger charge is 2.12. The van der Waals surface area contributed by atoms with Gasteiger partial charge >= 0.3 is 5.97 Å². The van der Waals surface area contributed by atoms with Crippen LogP contribution >= 0.6 is 15.9 Å². The van der Waals surface area contributed by atoms with Gasteiger partial charge in [-0.3, -0.25) is 4.98 Å². The molecule has 0 amide bonds. The number of carboxylic acid groups (broad SMARTS) is 1. The maximum atomic E-state index is 11.1. The number of aromatic carboxylic acids is 1. The largest absolute Gasteiger partial charge is 0.478 e. The van der Waals surface area contributed by atoms with Gasteiger partial charge in [0.05, 0.1) is 28.8 Å². The second-order valence-corrected chi connectivity index (χ2v) is 4.51. The zero-order chi connectivity index (χ0) is 13.1. The summed E-state index contributed by atoms with van der Waals surface area (Å²) in [5, 5.41) is 12.1. The number of rotatable bonds is 3. The minimum absolute atomic E-state index is 0.120. The molecule has 1 heterocycles. The molecule has 18 heavy (non-hydrogen) atoms. The van der Waals surface area contributed by atoms with E-state index in [1.165, 1.54) is 6.07 Å². The van der Waals surface area contributed by atoms with E-state index in [4.69, 9.17) is 10.8 Å². The molecule has 0 aliphatic rings. The van der Waals surface area contributed by atoms with Gasteiger partial charge in [0.1, 0.15) is 0 Å². The lowest BCUT2D eigenvalue weighted by molar-refractivity contribution is 0.0698. The Kier molecular flexibility index (Phi) is 3.47. The van der Waals surface area contributed by atoms with Crippen LogP contribution in [0.15, 0.2) is 41.1 Å². The number of nitrogens with two attached hydrogens (primary N) is 1. The molecule has 0 atom stereocenters. The van der Waals surface area contributed by atoms with E-state index in [9.17, 15) is 4.79 Å². The highest BCUT2D eigenvalue weighted by molar-refractivity contribution is 9.10. The standard InChI is InChI=1S/C12H10BrN3O2/c13-7-4-8(6-15-5-7)16-11-9(12(17)18)2-1-3-10(11)14/h1-6,16H,14H2,(H,17,18). The molecular weight excluding hydrogens is 298 g/mol. The Hall–Kier alpha value is -2.08. The number of nitrogen functional groups attached to an aromatic ring is 1. The number of para-hydroxylation sites is 1. The number of carbonyl (C=O) groups is 1. The number of pyridine rings is 1. The molecule has 0 saturated carbocycles. The topological polar surface area (TPSA) is 88.2 Å². The fraction of sp³-hybridized carbons (Fsp3) is 0. The van der Waals surface area contributed by atoms with Gasteiger partial charge in [0.25, 0.3) is 0 Å². The lowest BCUT2D eigenvalue weighted by atomic mass is 10.1. The summed E-state index contributed by atoms with van der Waals surface area (Å²) in [5.74, 6) is -1.03. The molecule has 1 aromatic carbocycles. The lowest BCUT2D eigenvalue weighted by Gasteiger charge is -2.12. The number of benzene rings is 1. The van der Waals surface area contributed by atoms with Crippen molar-refractivity contribution in [3.8, 4) is 0 Å². The first-order valence-electron chi connectivity index (χ1n) is 5.07. The van der Waals surface area contributed by atoms with E-state index < -0.39 is 5.97 Å². The van der Waals surface area contributed by atoms with Gasteiger partial charge in [0.2, 0.25) is 0 Å². The quantitative estimate of drug-likeness (QED) is 0.759. The second-order valence-electron chi connectivity index (χ2n) is 3.59. The van der Waals surface area contributed by atoms with Gasteiger partial charge in [0.15, 0.2) is 0 Å². The molecule has 0 saturated heterocycles. The Morgan fingerprint density at radius 3 is 2.83 bits per heavy atom. The Morgan fingerprint density at radius 1 is 1.39 bits per heavy atom. The van der Waals surface area contributed by atoms with Crippen molar-refractivity contribution in [1.82, 2.24) is 4.98 Å². The maximum Gasteiger partial charge on any atom is 0.337 e. The van der Waals surface area contributed by atoms with E-state index >= 15 is 0 Å². The average molecular weight is 308 g/mol. The van der Waals surface area contributed by atoms with Crippen molar-refractivity contribution >= 4 is 39.0 Å². The Labute approximate surface area is 112 Å². The van der Waals surface area contributed by atoms with Gasteiger partial charge in [-0.2, -0.15) is 0 Å². The number of aromatic nitrogens is 1. The van der Waals surface area contributed by atoms with Crippen molar-refractivity contribution in [2.75, 3.05) is 11.1 Å². The van der Waals surface area contributed by atoms with Crippen molar-refractivity contribution in [3.63, 3.8) is 0 Å². The monoisotopic (exact) mass is 307 g/mol. The molecule has 92 valence electrons. The number of nitrogens with zero attached hydrogens (tertiary/aromatic N) is 1. The van der Waals surface area contributed by atoms with Crippen molar-refractivity contribution in [2.24, 2.45) is 0 Å². The third-order valence-corrected chi connectivity index (χ3v) is 2.73. The van der Waals surface area contributed by atoms with Crippen LogP contribution in [0.2, 0.25) is 0 Å². The van der Waals surface area contributed by atoms with Gasteiger partial charge in [-0.25, -0.2) is 4.79 Å². The minimum atomic E-state index is -1.03. The van der Waals surface area contributed by atoms with E-state index in [1.54, 1.807) is 30.6 Å². The number of carboxylic acids is 1. The van der Waals surface area contributed by atoms with E-state index in [0.717, 1.165) is 4.47 Å². The van der Waals surface area contributed by atoms with Crippen LogP contribution in [0.25, 0.3) is 0 Å². The summed E-state index contributed by atoms with van der Waals surface area (Å²) in [6.07, 6.45) is 3.22. The van der Waals surface area contributed by atoms with E-state index in [0.29, 0.717) is 17.1 Å². The predicted molar refractivity (Wildman–Crippen MR) is 73.0 cm³/mol. The molecule has 1 aromatic heterocycles. The molecule has 6 heteroatoms. The average Bonchev–Trinajstić information content (AvgIpc) is 2.31. The fourth-order valence-corrected chi connectivity index (χ4v) is 1.88. The third-order valence-electron chi connectivity index (χ3n) is 2.30. The van der Waals surface area contributed by atoms with Gasteiger partial charge in [-0.1, -0.05) is 6.07 Å². The minimum Gasteiger partial charge on any atom is -0.478 e. The van der Waals surface area contributed by atoms with Crippen molar-refractivity contribution < 1.29 is 9.90 Å². The van der Waals surface area contributed by atoms with Gasteiger partial charge in [0, 0.05) is 10.7 Å². The predicted octanol–water partition coefficient (Wildman–Crippen LogP) is 2.87. The van der Waals surface area contributed by atoms with Gasteiger partial charge in [-0.05, 0) is 34.1 Å².